The van der Waals surface area contributed by atoms with Crippen molar-refractivity contribution in [3.05, 3.63) is 106 Å². The average molecular weight is 538 g/mol. The molecule has 0 aliphatic carbocycles. The van der Waals surface area contributed by atoms with Gasteiger partial charge in [0.15, 0.2) is 5.82 Å². The van der Waals surface area contributed by atoms with Crippen LogP contribution < -0.4 is 21.1 Å². The zero-order valence-electron chi connectivity index (χ0n) is 24.0. The Labute approximate surface area is 234 Å². The number of hydrogen-bond acceptors (Lipinski definition) is 5. The number of nitrogens with zero attached hydrogens (tertiary/aromatic N) is 3. The van der Waals surface area contributed by atoms with Crippen molar-refractivity contribution in [2.45, 2.75) is 40.2 Å². The van der Waals surface area contributed by atoms with Crippen LogP contribution in [-0.2, 0) is 7.05 Å². The lowest BCUT2D eigenvalue weighted by molar-refractivity contribution is 0.0956. The predicted molar refractivity (Wildman–Crippen MR) is 161 cm³/mol. The Morgan fingerprint density at radius 3 is 2.12 bits per heavy atom. The highest BCUT2D eigenvalue weighted by molar-refractivity contribution is 6.07. The normalized spacial score (nSPS) is 11.2. The van der Waals surface area contributed by atoms with E-state index in [1.807, 2.05) is 88.0 Å². The summed E-state index contributed by atoms with van der Waals surface area (Å²) in [6.07, 6.45) is 0. The Morgan fingerprint density at radius 2 is 1.52 bits per heavy atom. The molecule has 8 heteroatoms. The van der Waals surface area contributed by atoms with E-state index in [1.165, 1.54) is 0 Å². The van der Waals surface area contributed by atoms with Crippen LogP contribution in [0.1, 0.15) is 52.7 Å². The molecule has 4 rings (SSSR count). The molecule has 4 aromatic rings. The first kappa shape index (κ1) is 28.3. The Morgan fingerprint density at radius 1 is 0.875 bits per heavy atom. The summed E-state index contributed by atoms with van der Waals surface area (Å²) in [5.74, 6) is -0.127. The molecule has 0 unspecified atom stereocenters. The number of nitrogens with one attached hydrogen (secondary N) is 2. The molecule has 1 aromatic heterocycles. The van der Waals surface area contributed by atoms with E-state index < -0.39 is 5.54 Å². The summed E-state index contributed by atoms with van der Waals surface area (Å²) in [5, 5.41) is 5.71. The molecule has 40 heavy (non-hydrogen) atoms. The molecule has 0 bridgehead atoms. The molecule has 0 atom stereocenters. The van der Waals surface area contributed by atoms with Crippen molar-refractivity contribution >= 4 is 29.0 Å². The molecule has 8 nitrogen and oxygen atoms in total. The molecule has 2 amide bonds. The first-order valence-corrected chi connectivity index (χ1v) is 13.1. The van der Waals surface area contributed by atoms with Gasteiger partial charge in [0, 0.05) is 53.4 Å². The molecule has 0 saturated heterocycles. The Hall–Kier alpha value is -4.72. The Balaban J connectivity index is 1.80. The van der Waals surface area contributed by atoms with Crippen LogP contribution in [0.4, 0.5) is 17.2 Å². The van der Waals surface area contributed by atoms with Crippen molar-refractivity contribution in [2.75, 3.05) is 17.3 Å². The highest BCUT2D eigenvalue weighted by atomic mass is 16.2. The number of carbonyl (C=O) groups excluding carboxylic acids is 2. The van der Waals surface area contributed by atoms with Crippen LogP contribution in [0.3, 0.4) is 0 Å². The van der Waals surface area contributed by atoms with Crippen LogP contribution in [0, 0.1) is 13.8 Å². The largest absolute Gasteiger partial charge is 0.355 e. The lowest BCUT2D eigenvalue weighted by Crippen LogP contribution is -2.46. The van der Waals surface area contributed by atoms with Gasteiger partial charge in [-0.05, 0) is 82.6 Å². The minimum Gasteiger partial charge on any atom is -0.355 e. The van der Waals surface area contributed by atoms with Gasteiger partial charge in [-0.25, -0.2) is 4.98 Å². The van der Waals surface area contributed by atoms with E-state index in [0.29, 0.717) is 28.2 Å². The van der Waals surface area contributed by atoms with Crippen molar-refractivity contribution in [2.24, 2.45) is 7.05 Å². The molecule has 2 N–H and O–H groups in total. The molecule has 3 aromatic carbocycles. The SMILES string of the molecule is CNC(=O)c1ccc(Nc2nc(-c3cccc(N(C(=O)c4ccccc4)C(C)(C)C)c3C)c(C)n(C)c2=O)cc1. The maximum atomic E-state index is 13.7. The molecule has 206 valence electrons. The third-order valence-corrected chi connectivity index (χ3v) is 6.91. The van der Waals surface area contributed by atoms with Gasteiger partial charge >= 0.3 is 0 Å². The van der Waals surface area contributed by atoms with E-state index in [-0.39, 0.29) is 23.2 Å². The summed E-state index contributed by atoms with van der Waals surface area (Å²) in [6, 6.07) is 21.9. The van der Waals surface area contributed by atoms with Crippen molar-refractivity contribution in [1.29, 1.82) is 0 Å². The van der Waals surface area contributed by atoms with E-state index in [9.17, 15) is 14.4 Å². The second-order valence-electron chi connectivity index (χ2n) is 10.7. The standard InChI is InChI=1S/C32H35N5O3/c1-20-25(14-11-15-26(20)37(32(3,4)5)30(39)23-12-9-8-10-13-23)27-21(2)36(7)31(40)28(35-27)34-24-18-16-22(17-19-24)29(38)33-6/h8-19H,1-7H3,(H,33,38)(H,34,35). The van der Waals surface area contributed by atoms with Crippen molar-refractivity contribution in [1.82, 2.24) is 14.9 Å². The summed E-state index contributed by atoms with van der Waals surface area (Å²) in [6.45, 7) is 9.85. The van der Waals surface area contributed by atoms with Crippen LogP contribution in [0.15, 0.2) is 77.6 Å². The summed E-state index contributed by atoms with van der Waals surface area (Å²) >= 11 is 0. The molecule has 0 fully saturated rings. The number of anilines is 3. The van der Waals surface area contributed by atoms with Gasteiger partial charge in [-0.2, -0.15) is 0 Å². The lowest BCUT2D eigenvalue weighted by Gasteiger charge is -2.37. The minimum absolute atomic E-state index is 0.0962. The van der Waals surface area contributed by atoms with Gasteiger partial charge in [-0.3, -0.25) is 14.4 Å². The number of aromatic nitrogens is 2. The fraction of sp³-hybridized carbons (Fsp3) is 0.250. The first-order chi connectivity index (χ1) is 18.9. The van der Waals surface area contributed by atoms with Crippen molar-refractivity contribution in [3.63, 3.8) is 0 Å². The van der Waals surface area contributed by atoms with Crippen molar-refractivity contribution < 1.29 is 9.59 Å². The molecular formula is C32H35N5O3. The number of carbonyl (C=O) groups is 2. The maximum Gasteiger partial charge on any atom is 0.293 e. The Bertz CT molecular complexity index is 1620. The fourth-order valence-corrected chi connectivity index (χ4v) is 4.64. The van der Waals surface area contributed by atoms with Crippen LogP contribution in [0.5, 0.6) is 0 Å². The van der Waals surface area contributed by atoms with Gasteiger partial charge in [0.25, 0.3) is 17.4 Å². The van der Waals surface area contributed by atoms with Gasteiger partial charge < -0.3 is 20.1 Å². The lowest BCUT2D eigenvalue weighted by atomic mass is 9.96. The van der Waals surface area contributed by atoms with Crippen molar-refractivity contribution in [3.8, 4) is 11.3 Å². The molecule has 0 aliphatic heterocycles. The maximum absolute atomic E-state index is 13.7. The zero-order chi connectivity index (χ0) is 29.2. The topological polar surface area (TPSA) is 96.3 Å². The van der Waals surface area contributed by atoms with E-state index >= 15 is 0 Å². The number of rotatable bonds is 6. The molecule has 0 radical (unpaired) electrons. The highest BCUT2D eigenvalue weighted by Gasteiger charge is 2.31. The third kappa shape index (κ3) is 5.52. The Kier molecular flexibility index (Phi) is 7.91. The summed E-state index contributed by atoms with van der Waals surface area (Å²) in [5.41, 5.74) is 4.76. The van der Waals surface area contributed by atoms with E-state index in [4.69, 9.17) is 4.98 Å². The molecular weight excluding hydrogens is 502 g/mol. The van der Waals surface area contributed by atoms with Gasteiger partial charge in [-0.15, -0.1) is 0 Å². The molecule has 1 heterocycles. The number of benzene rings is 3. The highest BCUT2D eigenvalue weighted by Crippen LogP contribution is 2.35. The van der Waals surface area contributed by atoms with Crippen LogP contribution >= 0.6 is 0 Å². The number of hydrogen-bond donors (Lipinski definition) is 2. The minimum atomic E-state index is -0.504. The second kappa shape index (κ2) is 11.2. The van der Waals surface area contributed by atoms with Crippen LogP contribution in [0.2, 0.25) is 0 Å². The molecule has 0 saturated carbocycles. The zero-order valence-corrected chi connectivity index (χ0v) is 24.0. The third-order valence-electron chi connectivity index (χ3n) is 6.91. The number of amides is 2. The predicted octanol–water partition coefficient (Wildman–Crippen LogP) is 5.61. The summed E-state index contributed by atoms with van der Waals surface area (Å²) in [7, 11) is 3.29. The first-order valence-electron chi connectivity index (χ1n) is 13.1. The van der Waals surface area contributed by atoms with Crippen LogP contribution in [0.25, 0.3) is 11.3 Å². The van der Waals surface area contributed by atoms with Gasteiger partial charge in [-0.1, -0.05) is 30.3 Å². The smallest absolute Gasteiger partial charge is 0.293 e. The van der Waals surface area contributed by atoms with Crippen LogP contribution in [-0.4, -0.2) is 34.0 Å². The van der Waals surface area contributed by atoms with E-state index in [0.717, 1.165) is 16.8 Å². The summed E-state index contributed by atoms with van der Waals surface area (Å²) in [4.78, 5) is 45.4. The van der Waals surface area contributed by atoms with Gasteiger partial charge in [0.1, 0.15) is 0 Å². The van der Waals surface area contributed by atoms with Gasteiger partial charge in [0.05, 0.1) is 5.69 Å². The monoisotopic (exact) mass is 537 g/mol. The average Bonchev–Trinajstić information content (AvgIpc) is 2.94. The van der Waals surface area contributed by atoms with E-state index in [1.54, 1.807) is 42.9 Å². The second-order valence-corrected chi connectivity index (χ2v) is 10.7. The summed E-state index contributed by atoms with van der Waals surface area (Å²) < 4.78 is 1.56. The van der Waals surface area contributed by atoms with E-state index in [2.05, 4.69) is 10.6 Å². The van der Waals surface area contributed by atoms with Gasteiger partial charge in [0.2, 0.25) is 0 Å². The fourth-order valence-electron chi connectivity index (χ4n) is 4.64. The molecule has 0 aliphatic rings. The quantitative estimate of drug-likeness (QED) is 0.333. The molecule has 0 spiro atoms.